The van der Waals surface area contributed by atoms with Crippen molar-refractivity contribution in [1.82, 2.24) is 4.90 Å². The van der Waals surface area contributed by atoms with Crippen molar-refractivity contribution >= 4 is 5.91 Å². The largest absolute Gasteiger partial charge is 0.341 e. The molecule has 1 spiro atoms. The van der Waals surface area contributed by atoms with Gasteiger partial charge in [-0.3, -0.25) is 4.79 Å². The average Bonchev–Trinajstić information content (AvgIpc) is 2.88. The Labute approximate surface area is 116 Å². The van der Waals surface area contributed by atoms with Crippen molar-refractivity contribution in [2.75, 3.05) is 13.1 Å². The summed E-state index contributed by atoms with van der Waals surface area (Å²) in [6, 6.07) is 0. The third-order valence-corrected chi connectivity index (χ3v) is 5.95. The summed E-state index contributed by atoms with van der Waals surface area (Å²) >= 11 is 0. The number of rotatable bonds is 1. The maximum Gasteiger partial charge on any atom is 0.242 e. The van der Waals surface area contributed by atoms with Gasteiger partial charge in [0.25, 0.3) is 0 Å². The summed E-state index contributed by atoms with van der Waals surface area (Å²) in [4.78, 5) is 14.7. The maximum absolute atomic E-state index is 12.6. The number of amides is 1. The van der Waals surface area contributed by atoms with Crippen molar-refractivity contribution < 1.29 is 4.79 Å². The second-order valence-electron chi connectivity index (χ2n) is 7.22. The molecule has 2 saturated carbocycles. The van der Waals surface area contributed by atoms with E-state index < -0.39 is 5.54 Å². The third-order valence-electron chi connectivity index (χ3n) is 5.95. The minimum absolute atomic E-state index is 0.246. The van der Waals surface area contributed by atoms with E-state index in [1.54, 1.807) is 0 Å². The van der Waals surface area contributed by atoms with Crippen LogP contribution in [0.3, 0.4) is 0 Å². The van der Waals surface area contributed by atoms with Crippen LogP contribution in [-0.2, 0) is 4.79 Å². The topological polar surface area (TPSA) is 46.3 Å². The summed E-state index contributed by atoms with van der Waals surface area (Å²) in [5.74, 6) is 0.246. The molecule has 2 N–H and O–H groups in total. The van der Waals surface area contributed by atoms with Gasteiger partial charge in [-0.1, -0.05) is 32.1 Å². The van der Waals surface area contributed by atoms with Crippen LogP contribution in [0.1, 0.15) is 70.6 Å². The Morgan fingerprint density at radius 3 is 1.89 bits per heavy atom. The van der Waals surface area contributed by atoms with Gasteiger partial charge in [-0.2, -0.15) is 0 Å². The van der Waals surface area contributed by atoms with Gasteiger partial charge in [-0.15, -0.1) is 0 Å². The molecule has 0 aromatic carbocycles. The Morgan fingerprint density at radius 2 is 1.32 bits per heavy atom. The molecule has 2 aliphatic carbocycles. The Bertz CT molecular complexity index is 331. The van der Waals surface area contributed by atoms with Crippen LogP contribution in [0.15, 0.2) is 0 Å². The van der Waals surface area contributed by atoms with Crippen LogP contribution in [0.2, 0.25) is 0 Å². The van der Waals surface area contributed by atoms with Crippen molar-refractivity contribution in [3.8, 4) is 0 Å². The lowest BCUT2D eigenvalue weighted by Crippen LogP contribution is -2.56. The van der Waals surface area contributed by atoms with E-state index in [2.05, 4.69) is 4.90 Å². The van der Waals surface area contributed by atoms with E-state index in [-0.39, 0.29) is 5.91 Å². The second kappa shape index (κ2) is 5.08. The average molecular weight is 264 g/mol. The van der Waals surface area contributed by atoms with E-state index in [9.17, 15) is 4.79 Å². The van der Waals surface area contributed by atoms with Gasteiger partial charge in [-0.25, -0.2) is 0 Å². The van der Waals surface area contributed by atoms with E-state index in [1.165, 1.54) is 44.9 Å². The van der Waals surface area contributed by atoms with Crippen molar-refractivity contribution in [2.24, 2.45) is 11.1 Å². The SMILES string of the molecule is NC1(C(=O)N2CCC3(CCCCC3)CC2)CCCC1. The molecule has 0 aromatic heterocycles. The molecule has 3 aliphatic rings. The first-order chi connectivity index (χ1) is 9.14. The molecule has 0 bridgehead atoms. The summed E-state index contributed by atoms with van der Waals surface area (Å²) in [6.07, 6.45) is 13.5. The maximum atomic E-state index is 12.6. The summed E-state index contributed by atoms with van der Waals surface area (Å²) in [5, 5.41) is 0. The number of nitrogens with zero attached hydrogens (tertiary/aromatic N) is 1. The van der Waals surface area contributed by atoms with E-state index in [0.717, 1.165) is 38.8 Å². The Hall–Kier alpha value is -0.570. The molecule has 1 heterocycles. The molecule has 0 atom stereocenters. The molecule has 1 saturated heterocycles. The molecule has 1 aliphatic heterocycles. The van der Waals surface area contributed by atoms with E-state index in [1.807, 2.05) is 0 Å². The molecule has 3 fully saturated rings. The van der Waals surface area contributed by atoms with Crippen LogP contribution in [0.5, 0.6) is 0 Å². The fourth-order valence-electron chi connectivity index (χ4n) is 4.52. The zero-order valence-corrected chi connectivity index (χ0v) is 12.1. The summed E-state index contributed by atoms with van der Waals surface area (Å²) in [7, 11) is 0. The van der Waals surface area contributed by atoms with E-state index in [4.69, 9.17) is 5.73 Å². The Morgan fingerprint density at radius 1 is 0.789 bits per heavy atom. The fourth-order valence-corrected chi connectivity index (χ4v) is 4.52. The van der Waals surface area contributed by atoms with Gasteiger partial charge in [0.1, 0.15) is 0 Å². The zero-order chi connectivity index (χ0) is 13.3. The van der Waals surface area contributed by atoms with Crippen molar-refractivity contribution in [1.29, 1.82) is 0 Å². The van der Waals surface area contributed by atoms with Gasteiger partial charge in [0, 0.05) is 13.1 Å². The highest BCUT2D eigenvalue weighted by atomic mass is 16.2. The molecular formula is C16H28N2O. The van der Waals surface area contributed by atoms with Crippen LogP contribution in [0.25, 0.3) is 0 Å². The van der Waals surface area contributed by atoms with Crippen LogP contribution in [0.4, 0.5) is 0 Å². The molecule has 0 unspecified atom stereocenters. The molecule has 3 nitrogen and oxygen atoms in total. The highest BCUT2D eigenvalue weighted by Crippen LogP contribution is 2.45. The lowest BCUT2D eigenvalue weighted by atomic mass is 9.68. The molecule has 1 amide bonds. The highest BCUT2D eigenvalue weighted by Gasteiger charge is 2.43. The summed E-state index contributed by atoms with van der Waals surface area (Å²) in [6.45, 7) is 1.91. The minimum atomic E-state index is -0.517. The lowest BCUT2D eigenvalue weighted by Gasteiger charge is -2.45. The normalized spacial score (nSPS) is 29.6. The molecule has 19 heavy (non-hydrogen) atoms. The quantitative estimate of drug-likeness (QED) is 0.791. The van der Waals surface area contributed by atoms with Gasteiger partial charge in [-0.05, 0) is 43.9 Å². The molecule has 0 aromatic rings. The Kier molecular flexibility index (Phi) is 3.59. The molecular weight excluding hydrogens is 236 g/mol. The predicted molar refractivity (Wildman–Crippen MR) is 76.7 cm³/mol. The molecule has 108 valence electrons. The zero-order valence-electron chi connectivity index (χ0n) is 12.1. The van der Waals surface area contributed by atoms with Gasteiger partial charge in [0.2, 0.25) is 5.91 Å². The fraction of sp³-hybridized carbons (Fsp3) is 0.938. The van der Waals surface area contributed by atoms with E-state index in [0.29, 0.717) is 5.41 Å². The van der Waals surface area contributed by atoms with Gasteiger partial charge >= 0.3 is 0 Å². The van der Waals surface area contributed by atoms with Gasteiger partial charge < -0.3 is 10.6 Å². The Balaban J connectivity index is 1.59. The molecule has 3 rings (SSSR count). The number of piperidine rings is 1. The third kappa shape index (κ3) is 2.54. The molecule has 0 radical (unpaired) electrons. The van der Waals surface area contributed by atoms with Gasteiger partial charge in [0.05, 0.1) is 5.54 Å². The molecule has 3 heteroatoms. The van der Waals surface area contributed by atoms with Crippen molar-refractivity contribution in [3.05, 3.63) is 0 Å². The first-order valence-electron chi connectivity index (χ1n) is 8.22. The second-order valence-corrected chi connectivity index (χ2v) is 7.22. The number of likely N-dealkylation sites (tertiary alicyclic amines) is 1. The van der Waals surface area contributed by atoms with Crippen molar-refractivity contribution in [2.45, 2.75) is 76.2 Å². The first-order valence-corrected chi connectivity index (χ1v) is 8.22. The summed E-state index contributed by atoms with van der Waals surface area (Å²) < 4.78 is 0. The van der Waals surface area contributed by atoms with Crippen LogP contribution >= 0.6 is 0 Å². The van der Waals surface area contributed by atoms with Crippen LogP contribution in [-0.4, -0.2) is 29.4 Å². The van der Waals surface area contributed by atoms with Crippen LogP contribution < -0.4 is 5.73 Å². The monoisotopic (exact) mass is 264 g/mol. The number of carbonyl (C=O) groups is 1. The lowest BCUT2D eigenvalue weighted by molar-refractivity contribution is -0.139. The number of hydrogen-bond acceptors (Lipinski definition) is 2. The standard InChI is InChI=1S/C16H28N2O/c17-16(8-4-5-9-16)14(19)18-12-10-15(11-13-18)6-2-1-3-7-15/h1-13,17H2. The predicted octanol–water partition coefficient (Wildman–Crippen LogP) is 2.83. The smallest absolute Gasteiger partial charge is 0.242 e. The van der Waals surface area contributed by atoms with E-state index >= 15 is 0 Å². The first kappa shape index (κ1) is 13.4. The highest BCUT2D eigenvalue weighted by molar-refractivity contribution is 5.86. The number of hydrogen-bond donors (Lipinski definition) is 1. The number of carbonyl (C=O) groups excluding carboxylic acids is 1. The van der Waals surface area contributed by atoms with Crippen LogP contribution in [0, 0.1) is 5.41 Å². The summed E-state index contributed by atoms with van der Waals surface area (Å²) in [5.41, 5.74) is 6.37. The van der Waals surface area contributed by atoms with Gasteiger partial charge in [0.15, 0.2) is 0 Å². The number of nitrogens with two attached hydrogens (primary N) is 1. The minimum Gasteiger partial charge on any atom is -0.341 e. The van der Waals surface area contributed by atoms with Crippen molar-refractivity contribution in [3.63, 3.8) is 0 Å².